The van der Waals surface area contributed by atoms with E-state index < -0.39 is 10.0 Å². The topological polar surface area (TPSA) is 40.6 Å². The van der Waals surface area contributed by atoms with Crippen LogP contribution in [0.1, 0.15) is 31.9 Å². The second-order valence-corrected chi connectivity index (χ2v) is 10.5. The molecule has 3 rings (SSSR count). The molecule has 0 unspecified atom stereocenters. The SMILES string of the molecule is CC(C)(C)c1ccc(S(=O)(=O)N2CCN(Cc3ccc(F)cc3Cl)CC2)cc1. The molecule has 0 atom stereocenters. The maximum Gasteiger partial charge on any atom is 0.243 e. The molecule has 152 valence electrons. The first-order valence-electron chi connectivity index (χ1n) is 9.34. The van der Waals surface area contributed by atoms with E-state index in [-0.39, 0.29) is 11.2 Å². The van der Waals surface area contributed by atoms with Crippen molar-refractivity contribution in [1.29, 1.82) is 0 Å². The molecule has 1 fully saturated rings. The normalized spacial score (nSPS) is 17.0. The average molecular weight is 425 g/mol. The van der Waals surface area contributed by atoms with Crippen LogP contribution < -0.4 is 0 Å². The predicted octanol–water partition coefficient (Wildman–Crippen LogP) is 4.28. The van der Waals surface area contributed by atoms with Gasteiger partial charge in [0.05, 0.1) is 4.90 Å². The van der Waals surface area contributed by atoms with E-state index in [0.717, 1.165) is 11.1 Å². The van der Waals surface area contributed by atoms with E-state index in [1.54, 1.807) is 18.2 Å². The summed E-state index contributed by atoms with van der Waals surface area (Å²) in [6.07, 6.45) is 0. The molecular weight excluding hydrogens is 399 g/mol. The van der Waals surface area contributed by atoms with Crippen molar-refractivity contribution in [1.82, 2.24) is 9.21 Å². The van der Waals surface area contributed by atoms with Gasteiger partial charge in [-0.1, -0.05) is 50.6 Å². The Kier molecular flexibility index (Phi) is 6.15. The summed E-state index contributed by atoms with van der Waals surface area (Å²) in [5, 5.41) is 0.397. The average Bonchev–Trinajstić information content (AvgIpc) is 2.64. The summed E-state index contributed by atoms with van der Waals surface area (Å²) in [5.74, 6) is -0.359. The number of piperazine rings is 1. The van der Waals surface area contributed by atoms with E-state index in [1.165, 1.54) is 16.4 Å². The summed E-state index contributed by atoms with van der Waals surface area (Å²) in [7, 11) is -3.50. The van der Waals surface area contributed by atoms with Gasteiger partial charge in [0, 0.05) is 37.7 Å². The highest BCUT2D eigenvalue weighted by atomic mass is 35.5. The molecule has 0 amide bonds. The third-order valence-corrected chi connectivity index (χ3v) is 7.36. The second-order valence-electron chi connectivity index (χ2n) is 8.19. The van der Waals surface area contributed by atoms with E-state index in [1.807, 2.05) is 12.1 Å². The van der Waals surface area contributed by atoms with Gasteiger partial charge in [-0.25, -0.2) is 12.8 Å². The minimum absolute atomic E-state index is 0.0183. The number of nitrogens with zero attached hydrogens (tertiary/aromatic N) is 2. The van der Waals surface area contributed by atoms with Gasteiger partial charge in [0.25, 0.3) is 0 Å². The first-order valence-corrected chi connectivity index (χ1v) is 11.2. The van der Waals surface area contributed by atoms with Crippen molar-refractivity contribution in [3.05, 3.63) is 64.4 Å². The van der Waals surface area contributed by atoms with Crippen LogP contribution >= 0.6 is 11.6 Å². The quantitative estimate of drug-likeness (QED) is 0.735. The summed E-state index contributed by atoms with van der Waals surface area (Å²) < 4.78 is 40.6. The highest BCUT2D eigenvalue weighted by Gasteiger charge is 2.29. The maximum atomic E-state index is 13.2. The monoisotopic (exact) mass is 424 g/mol. The minimum atomic E-state index is -3.50. The number of benzene rings is 2. The lowest BCUT2D eigenvalue weighted by Crippen LogP contribution is -2.48. The highest BCUT2D eigenvalue weighted by molar-refractivity contribution is 7.89. The molecule has 1 aliphatic rings. The third kappa shape index (κ3) is 4.74. The summed E-state index contributed by atoms with van der Waals surface area (Å²) in [4.78, 5) is 2.46. The van der Waals surface area contributed by atoms with Gasteiger partial charge in [-0.15, -0.1) is 0 Å². The first-order chi connectivity index (χ1) is 13.1. The van der Waals surface area contributed by atoms with Crippen molar-refractivity contribution < 1.29 is 12.8 Å². The molecule has 0 bridgehead atoms. The molecule has 0 N–H and O–H groups in total. The van der Waals surface area contributed by atoms with E-state index in [2.05, 4.69) is 25.7 Å². The molecule has 0 saturated carbocycles. The Balaban J connectivity index is 1.65. The van der Waals surface area contributed by atoms with Gasteiger partial charge in [0.2, 0.25) is 10.0 Å². The van der Waals surface area contributed by atoms with Gasteiger partial charge in [-0.2, -0.15) is 4.31 Å². The van der Waals surface area contributed by atoms with Crippen molar-refractivity contribution >= 4 is 21.6 Å². The first kappa shape index (κ1) is 21.2. The third-order valence-electron chi connectivity index (χ3n) is 5.10. The molecule has 0 spiro atoms. The van der Waals surface area contributed by atoms with E-state index >= 15 is 0 Å². The maximum absolute atomic E-state index is 13.2. The summed E-state index contributed by atoms with van der Waals surface area (Å²) >= 11 is 6.10. The second kappa shape index (κ2) is 8.11. The number of hydrogen-bond donors (Lipinski definition) is 0. The molecule has 28 heavy (non-hydrogen) atoms. The van der Waals surface area contributed by atoms with Gasteiger partial charge in [0.1, 0.15) is 5.82 Å². The molecule has 1 heterocycles. The summed E-state index contributed by atoms with van der Waals surface area (Å²) in [6, 6.07) is 11.5. The van der Waals surface area contributed by atoms with Crippen LogP contribution in [0.2, 0.25) is 5.02 Å². The van der Waals surface area contributed by atoms with Crippen molar-refractivity contribution in [3.63, 3.8) is 0 Å². The minimum Gasteiger partial charge on any atom is -0.296 e. The number of hydrogen-bond acceptors (Lipinski definition) is 3. The molecule has 0 radical (unpaired) electrons. The Hall–Kier alpha value is -1.47. The van der Waals surface area contributed by atoms with E-state index in [9.17, 15) is 12.8 Å². The fraction of sp³-hybridized carbons (Fsp3) is 0.429. The number of rotatable bonds is 4. The lowest BCUT2D eigenvalue weighted by Gasteiger charge is -2.34. The van der Waals surface area contributed by atoms with Gasteiger partial charge < -0.3 is 0 Å². The van der Waals surface area contributed by atoms with Crippen molar-refractivity contribution in [2.75, 3.05) is 26.2 Å². The van der Waals surface area contributed by atoms with Crippen LogP contribution in [0.4, 0.5) is 4.39 Å². The molecule has 1 saturated heterocycles. The Morgan fingerprint density at radius 1 is 1.00 bits per heavy atom. The predicted molar refractivity (Wildman–Crippen MR) is 111 cm³/mol. The standard InChI is InChI=1S/C21H26ClFN2O2S/c1-21(2,3)17-5-8-19(9-6-17)28(26,27)25-12-10-24(11-13-25)15-16-4-7-18(23)14-20(16)22/h4-9,14H,10-13,15H2,1-3H3. The fourth-order valence-electron chi connectivity index (χ4n) is 3.29. The van der Waals surface area contributed by atoms with Crippen LogP contribution in [0, 0.1) is 5.82 Å². The Bertz CT molecular complexity index is 932. The van der Waals surface area contributed by atoms with E-state index in [0.29, 0.717) is 42.6 Å². The number of sulfonamides is 1. The molecule has 2 aromatic carbocycles. The fourth-order valence-corrected chi connectivity index (χ4v) is 4.94. The van der Waals surface area contributed by atoms with Gasteiger partial charge in [0.15, 0.2) is 0 Å². The molecule has 0 aromatic heterocycles. The molecule has 4 nitrogen and oxygen atoms in total. The Morgan fingerprint density at radius 3 is 2.14 bits per heavy atom. The van der Waals surface area contributed by atoms with Crippen LogP contribution in [0.5, 0.6) is 0 Å². The lowest BCUT2D eigenvalue weighted by molar-refractivity contribution is 0.181. The number of halogens is 2. The smallest absolute Gasteiger partial charge is 0.243 e. The molecule has 2 aromatic rings. The van der Waals surface area contributed by atoms with Crippen LogP contribution in [-0.2, 0) is 22.0 Å². The zero-order chi connectivity index (χ0) is 20.5. The Morgan fingerprint density at radius 2 is 1.61 bits per heavy atom. The van der Waals surface area contributed by atoms with Crippen molar-refractivity contribution in [3.8, 4) is 0 Å². The summed E-state index contributed by atoms with van der Waals surface area (Å²) in [6.45, 7) is 8.92. The van der Waals surface area contributed by atoms with Crippen molar-refractivity contribution in [2.45, 2.75) is 37.6 Å². The lowest BCUT2D eigenvalue weighted by atomic mass is 9.87. The van der Waals surface area contributed by atoms with Crippen LogP contribution in [-0.4, -0.2) is 43.8 Å². The van der Waals surface area contributed by atoms with E-state index in [4.69, 9.17) is 11.6 Å². The van der Waals surface area contributed by atoms with Gasteiger partial charge in [-0.3, -0.25) is 4.90 Å². The molecule has 0 aliphatic carbocycles. The van der Waals surface area contributed by atoms with Crippen molar-refractivity contribution in [2.24, 2.45) is 0 Å². The molecular formula is C21H26ClFN2O2S. The largest absolute Gasteiger partial charge is 0.296 e. The molecule has 1 aliphatic heterocycles. The highest BCUT2D eigenvalue weighted by Crippen LogP contribution is 2.25. The van der Waals surface area contributed by atoms with Crippen LogP contribution in [0.15, 0.2) is 47.4 Å². The van der Waals surface area contributed by atoms with Gasteiger partial charge >= 0.3 is 0 Å². The molecule has 7 heteroatoms. The zero-order valence-corrected chi connectivity index (χ0v) is 18.0. The zero-order valence-electron chi connectivity index (χ0n) is 16.5. The Labute approximate surface area is 172 Å². The van der Waals surface area contributed by atoms with Crippen LogP contribution in [0.25, 0.3) is 0 Å². The summed E-state index contributed by atoms with van der Waals surface area (Å²) in [5.41, 5.74) is 1.93. The van der Waals surface area contributed by atoms with Gasteiger partial charge in [-0.05, 0) is 40.8 Å². The van der Waals surface area contributed by atoms with Crippen LogP contribution in [0.3, 0.4) is 0 Å².